The number of ether oxygens (including phenoxy) is 1. The number of amides is 2. The molecule has 1 aliphatic heterocycles. The number of para-hydroxylation sites is 1. The molecule has 124 valence electrons. The molecule has 0 radical (unpaired) electrons. The minimum Gasteiger partial charge on any atom is -0.383 e. The summed E-state index contributed by atoms with van der Waals surface area (Å²) in [6.45, 7) is 4.05. The number of aryl methyl sites for hydroxylation is 1. The van der Waals surface area contributed by atoms with Crippen molar-refractivity contribution in [2.24, 2.45) is 0 Å². The number of carbonyl (C=O) groups excluding carboxylic acids is 1. The lowest BCUT2D eigenvalue weighted by molar-refractivity contribution is 0.123. The maximum Gasteiger partial charge on any atom is 0.317 e. The summed E-state index contributed by atoms with van der Waals surface area (Å²) in [6, 6.07) is 6.30. The number of hydrogen-bond acceptors (Lipinski definition) is 3. The van der Waals surface area contributed by atoms with Crippen LogP contribution in [-0.2, 0) is 11.2 Å². The normalized spacial score (nSPS) is 17.8. The maximum atomic E-state index is 12.3. The number of carbonyl (C=O) groups is 1. The molecular formula is C17H24N4O2. The van der Waals surface area contributed by atoms with Crippen LogP contribution in [0.25, 0.3) is 11.0 Å². The summed E-state index contributed by atoms with van der Waals surface area (Å²) in [6.07, 6.45) is 2.76. The van der Waals surface area contributed by atoms with Crippen LogP contribution in [0.4, 0.5) is 4.79 Å². The van der Waals surface area contributed by atoms with Gasteiger partial charge in [-0.25, -0.2) is 9.78 Å². The summed E-state index contributed by atoms with van der Waals surface area (Å²) < 4.78 is 5.19. The predicted octanol–water partition coefficient (Wildman–Crippen LogP) is 2.23. The first kappa shape index (κ1) is 15.8. The number of imidazole rings is 1. The first-order valence-electron chi connectivity index (χ1n) is 8.16. The zero-order valence-corrected chi connectivity index (χ0v) is 13.8. The molecule has 23 heavy (non-hydrogen) atoms. The molecule has 1 fully saturated rings. The zero-order chi connectivity index (χ0) is 16.2. The molecule has 2 heterocycles. The van der Waals surface area contributed by atoms with Crippen LogP contribution < -0.4 is 5.32 Å². The molecule has 1 aromatic carbocycles. The van der Waals surface area contributed by atoms with Crippen molar-refractivity contribution in [3.63, 3.8) is 0 Å². The third-order valence-corrected chi connectivity index (χ3v) is 4.40. The summed E-state index contributed by atoms with van der Waals surface area (Å²) in [5.74, 6) is 0.907. The molecule has 1 saturated heterocycles. The van der Waals surface area contributed by atoms with Gasteiger partial charge in [0, 0.05) is 26.6 Å². The fourth-order valence-corrected chi connectivity index (χ4v) is 3.20. The lowest BCUT2D eigenvalue weighted by atomic mass is 10.2. The highest BCUT2D eigenvalue weighted by atomic mass is 16.5. The van der Waals surface area contributed by atoms with E-state index in [1.807, 2.05) is 17.0 Å². The molecule has 6 heteroatoms. The molecule has 3 rings (SSSR count). The number of methoxy groups -OCH3 is 1. The van der Waals surface area contributed by atoms with Crippen LogP contribution in [-0.4, -0.2) is 53.7 Å². The van der Waals surface area contributed by atoms with Gasteiger partial charge >= 0.3 is 6.03 Å². The second kappa shape index (κ2) is 7.00. The number of fused-ring (bicyclic) bond motifs is 1. The third-order valence-electron chi connectivity index (χ3n) is 4.40. The van der Waals surface area contributed by atoms with Crippen molar-refractivity contribution in [3.8, 4) is 0 Å². The van der Waals surface area contributed by atoms with Crippen LogP contribution in [0.3, 0.4) is 0 Å². The van der Waals surface area contributed by atoms with E-state index in [1.165, 1.54) is 0 Å². The molecule has 0 aliphatic carbocycles. The topological polar surface area (TPSA) is 70.2 Å². The number of rotatable bonds is 5. The van der Waals surface area contributed by atoms with Gasteiger partial charge in [-0.3, -0.25) is 0 Å². The number of likely N-dealkylation sites (tertiary alicyclic amines) is 1. The van der Waals surface area contributed by atoms with Crippen molar-refractivity contribution in [2.45, 2.75) is 32.2 Å². The van der Waals surface area contributed by atoms with Gasteiger partial charge in [0.05, 0.1) is 23.7 Å². The highest BCUT2D eigenvalue weighted by Crippen LogP contribution is 2.17. The van der Waals surface area contributed by atoms with E-state index < -0.39 is 0 Å². The van der Waals surface area contributed by atoms with Gasteiger partial charge in [-0.15, -0.1) is 0 Å². The number of aromatic amines is 1. The van der Waals surface area contributed by atoms with Crippen molar-refractivity contribution in [1.29, 1.82) is 0 Å². The summed E-state index contributed by atoms with van der Waals surface area (Å²) >= 11 is 0. The van der Waals surface area contributed by atoms with Crippen molar-refractivity contribution in [3.05, 3.63) is 29.6 Å². The molecule has 0 unspecified atom stereocenters. The Morgan fingerprint density at radius 2 is 2.39 bits per heavy atom. The first-order chi connectivity index (χ1) is 11.2. The number of nitrogens with zero attached hydrogens (tertiary/aromatic N) is 2. The minimum atomic E-state index is -0.00292. The molecule has 0 saturated carbocycles. The molecule has 1 aliphatic rings. The Balaban J connectivity index is 1.54. The van der Waals surface area contributed by atoms with Gasteiger partial charge in [0.15, 0.2) is 0 Å². The number of urea groups is 1. The average Bonchev–Trinajstić information content (AvgIpc) is 3.15. The molecule has 1 aromatic heterocycles. The Hall–Kier alpha value is -2.08. The summed E-state index contributed by atoms with van der Waals surface area (Å²) in [5.41, 5.74) is 3.22. The SMILES string of the molecule is COC[C@@H]1CCCN1C(=O)NCCc1nc2c(C)cccc2[nH]1. The van der Waals surface area contributed by atoms with Crippen molar-refractivity contribution in [1.82, 2.24) is 20.2 Å². The van der Waals surface area contributed by atoms with Crippen LogP contribution >= 0.6 is 0 Å². The fraction of sp³-hybridized carbons (Fsp3) is 0.529. The number of benzene rings is 1. The Morgan fingerprint density at radius 1 is 1.52 bits per heavy atom. The number of H-pyrrole nitrogens is 1. The van der Waals surface area contributed by atoms with Gasteiger partial charge in [0.2, 0.25) is 0 Å². The summed E-state index contributed by atoms with van der Waals surface area (Å²) in [4.78, 5) is 22.1. The highest BCUT2D eigenvalue weighted by molar-refractivity contribution is 5.78. The average molecular weight is 316 g/mol. The van der Waals surface area contributed by atoms with Gasteiger partial charge < -0.3 is 19.9 Å². The number of aromatic nitrogens is 2. The van der Waals surface area contributed by atoms with Crippen molar-refractivity contribution >= 4 is 17.1 Å². The van der Waals surface area contributed by atoms with E-state index >= 15 is 0 Å². The second-order valence-corrected chi connectivity index (χ2v) is 6.08. The third kappa shape index (κ3) is 3.47. The number of hydrogen-bond donors (Lipinski definition) is 2. The van der Waals surface area contributed by atoms with E-state index in [-0.39, 0.29) is 12.1 Å². The van der Waals surface area contributed by atoms with E-state index in [2.05, 4.69) is 28.3 Å². The van der Waals surface area contributed by atoms with Crippen LogP contribution in [0.2, 0.25) is 0 Å². The van der Waals surface area contributed by atoms with Crippen LogP contribution in [0.5, 0.6) is 0 Å². The van der Waals surface area contributed by atoms with Gasteiger partial charge in [-0.05, 0) is 31.4 Å². The van der Waals surface area contributed by atoms with E-state index in [0.29, 0.717) is 19.6 Å². The Kier molecular flexibility index (Phi) is 4.81. The molecule has 2 amide bonds. The lowest BCUT2D eigenvalue weighted by Crippen LogP contribution is -2.45. The second-order valence-electron chi connectivity index (χ2n) is 6.08. The summed E-state index contributed by atoms with van der Waals surface area (Å²) in [5, 5.41) is 2.99. The van der Waals surface area contributed by atoms with E-state index in [1.54, 1.807) is 7.11 Å². The standard InChI is InChI=1S/C17H24N4O2/c1-12-5-3-7-14-16(12)20-15(19-14)8-9-18-17(22)21-10-4-6-13(21)11-23-2/h3,5,7,13H,4,6,8-11H2,1-2H3,(H,18,22)(H,19,20)/t13-/m0/s1. The Bertz CT molecular complexity index is 682. The maximum absolute atomic E-state index is 12.3. The fourth-order valence-electron chi connectivity index (χ4n) is 3.20. The van der Waals surface area contributed by atoms with Crippen molar-refractivity contribution < 1.29 is 9.53 Å². The van der Waals surface area contributed by atoms with Crippen molar-refractivity contribution in [2.75, 3.05) is 26.8 Å². The van der Waals surface area contributed by atoms with Crippen LogP contribution in [0.15, 0.2) is 18.2 Å². The molecule has 2 aromatic rings. The predicted molar refractivity (Wildman–Crippen MR) is 89.5 cm³/mol. The van der Waals surface area contributed by atoms with Crippen LogP contribution in [0, 0.1) is 6.92 Å². The van der Waals surface area contributed by atoms with E-state index in [0.717, 1.165) is 41.8 Å². The molecule has 0 spiro atoms. The Labute approximate surface area is 136 Å². The molecule has 2 N–H and O–H groups in total. The van der Waals surface area contributed by atoms with E-state index in [4.69, 9.17) is 4.74 Å². The Morgan fingerprint density at radius 3 is 3.17 bits per heavy atom. The van der Waals surface area contributed by atoms with Gasteiger partial charge in [0.1, 0.15) is 5.82 Å². The van der Waals surface area contributed by atoms with Gasteiger partial charge in [-0.2, -0.15) is 0 Å². The largest absolute Gasteiger partial charge is 0.383 e. The molecular weight excluding hydrogens is 292 g/mol. The minimum absolute atomic E-state index is 0.00292. The van der Waals surface area contributed by atoms with Gasteiger partial charge in [0.25, 0.3) is 0 Å². The first-order valence-corrected chi connectivity index (χ1v) is 8.16. The smallest absolute Gasteiger partial charge is 0.317 e. The molecule has 0 bridgehead atoms. The monoisotopic (exact) mass is 316 g/mol. The van der Waals surface area contributed by atoms with E-state index in [9.17, 15) is 4.79 Å². The molecule has 6 nitrogen and oxygen atoms in total. The lowest BCUT2D eigenvalue weighted by Gasteiger charge is -2.24. The molecule has 1 atom stereocenters. The highest BCUT2D eigenvalue weighted by Gasteiger charge is 2.28. The quantitative estimate of drug-likeness (QED) is 0.888. The number of nitrogens with one attached hydrogen (secondary N) is 2. The zero-order valence-electron chi connectivity index (χ0n) is 13.8. The van der Waals surface area contributed by atoms with Gasteiger partial charge in [-0.1, -0.05) is 12.1 Å². The summed E-state index contributed by atoms with van der Waals surface area (Å²) in [7, 11) is 1.68. The van der Waals surface area contributed by atoms with Crippen LogP contribution in [0.1, 0.15) is 24.2 Å².